The molecule has 1 saturated carbocycles. The van der Waals surface area contributed by atoms with Gasteiger partial charge in [0.05, 0.1) is 41.9 Å². The Kier molecular flexibility index (Phi) is 26.8. The Hall–Kier alpha value is -7.82. The molecule has 3 aliphatic rings. The van der Waals surface area contributed by atoms with Gasteiger partial charge in [0.15, 0.2) is 0 Å². The van der Waals surface area contributed by atoms with Crippen LogP contribution in [0.5, 0.6) is 0 Å². The summed E-state index contributed by atoms with van der Waals surface area (Å²) < 4.78 is 41.4. The van der Waals surface area contributed by atoms with Gasteiger partial charge in [0.25, 0.3) is 0 Å². The quantitative estimate of drug-likeness (QED) is 0.293. The number of benzene rings is 2. The number of hydrogen-bond donors (Lipinski definition) is 3. The zero-order valence-corrected chi connectivity index (χ0v) is 56.9. The molecular weight excluding hydrogens is 1230 g/mol. The van der Waals surface area contributed by atoms with Crippen LogP contribution in [0.2, 0.25) is 5.02 Å². The maximum Gasteiger partial charge on any atom is 0.417 e. The highest BCUT2D eigenvalue weighted by atomic mass is 35.5. The van der Waals surface area contributed by atoms with Gasteiger partial charge in [-0.3, -0.25) is 52.7 Å². The van der Waals surface area contributed by atoms with E-state index < -0.39 is 161 Å². The van der Waals surface area contributed by atoms with Crippen molar-refractivity contribution in [1.82, 2.24) is 55.1 Å². The van der Waals surface area contributed by atoms with Crippen molar-refractivity contribution in [3.8, 4) is 6.07 Å². The van der Waals surface area contributed by atoms with E-state index >= 15 is 9.59 Å². The number of nitrogens with zero attached hydrogens (tertiary/aromatic N) is 9. The van der Waals surface area contributed by atoms with Crippen molar-refractivity contribution in [3.63, 3.8) is 0 Å². The first-order valence-corrected chi connectivity index (χ1v) is 32.2. The lowest BCUT2D eigenvalue weighted by atomic mass is 9.91. The summed E-state index contributed by atoms with van der Waals surface area (Å²) in [7, 11) is 9.76. The second-order valence-corrected chi connectivity index (χ2v) is 26.7. The molecule has 512 valence electrons. The van der Waals surface area contributed by atoms with Crippen molar-refractivity contribution >= 4 is 76.6 Å². The van der Waals surface area contributed by atoms with Crippen LogP contribution in [0.1, 0.15) is 135 Å². The number of amides is 11. The van der Waals surface area contributed by atoms with Crippen molar-refractivity contribution < 1.29 is 65.9 Å². The molecule has 23 nitrogen and oxygen atoms in total. The number of carbonyl (C=O) groups is 11. The summed E-state index contributed by atoms with van der Waals surface area (Å²) in [4.78, 5) is 170. The summed E-state index contributed by atoms with van der Waals surface area (Å²) in [6.45, 7) is 10.7. The molecule has 11 amide bonds. The van der Waals surface area contributed by atoms with E-state index in [1.165, 1.54) is 81.1 Å². The highest BCUT2D eigenvalue weighted by Gasteiger charge is 2.50. The SMILES string of the molecule is CC[C@H](C)[C@@H]1NC(=O)[C@H](CC(C)C)N(C)C(=O)C[C@@H](C)N(C)C(=O)[C@H](C(C)C)N(C)C(=O)C2(CCCC2)NC(=O)C2CCCN2C(=O)[C@H](CCc2ccc(C(F)(F)F)c(Cl)c2)NC(=O)CN(C)C(=O)[C@H](Cc2cccc(C#N)c2)N(C)C(=O)CN(C)C(=O)CN(C)C1=O. The lowest BCUT2D eigenvalue weighted by Gasteiger charge is -2.41. The molecule has 1 aliphatic carbocycles. The number of carbonyl (C=O) groups excluding carboxylic acids is 11. The Labute approximate surface area is 549 Å². The Morgan fingerprint density at radius 1 is 0.688 bits per heavy atom. The Bertz CT molecular complexity index is 3140. The third kappa shape index (κ3) is 19.2. The van der Waals surface area contributed by atoms with Crippen molar-refractivity contribution in [2.24, 2.45) is 17.8 Å². The highest BCUT2D eigenvalue weighted by molar-refractivity contribution is 6.31. The fourth-order valence-corrected chi connectivity index (χ4v) is 12.7. The molecule has 3 N–H and O–H groups in total. The third-order valence-corrected chi connectivity index (χ3v) is 18.7. The van der Waals surface area contributed by atoms with Gasteiger partial charge in [-0.2, -0.15) is 18.4 Å². The topological polar surface area (TPSA) is 274 Å². The van der Waals surface area contributed by atoms with Gasteiger partial charge < -0.3 is 55.1 Å². The number of hydrogen-bond acceptors (Lipinski definition) is 12. The predicted molar refractivity (Wildman–Crippen MR) is 341 cm³/mol. The molecule has 1 spiro atoms. The maximum atomic E-state index is 15.1. The van der Waals surface area contributed by atoms with Crippen molar-refractivity contribution in [3.05, 3.63) is 69.7 Å². The molecule has 2 aliphatic heterocycles. The molecule has 2 aromatic rings. The largest absolute Gasteiger partial charge is 0.417 e. The fraction of sp³-hybridized carbons (Fsp3) is 0.636. The van der Waals surface area contributed by atoms with E-state index in [4.69, 9.17) is 11.6 Å². The van der Waals surface area contributed by atoms with Gasteiger partial charge in [0.2, 0.25) is 65.0 Å². The summed E-state index contributed by atoms with van der Waals surface area (Å²) >= 11 is 6.11. The van der Waals surface area contributed by atoms with Crippen LogP contribution in [-0.2, 0) is 71.8 Å². The molecule has 0 radical (unpaired) electrons. The average molecular weight is 1320 g/mol. The van der Waals surface area contributed by atoms with E-state index in [9.17, 15) is 61.6 Å². The van der Waals surface area contributed by atoms with Gasteiger partial charge in [0, 0.05) is 74.8 Å². The molecule has 2 aromatic carbocycles. The van der Waals surface area contributed by atoms with Gasteiger partial charge in [-0.15, -0.1) is 0 Å². The summed E-state index contributed by atoms with van der Waals surface area (Å²) in [6.07, 6.45) is -3.04. The van der Waals surface area contributed by atoms with Crippen LogP contribution in [0.4, 0.5) is 13.2 Å². The lowest BCUT2D eigenvalue weighted by molar-refractivity contribution is -0.152. The van der Waals surface area contributed by atoms with Crippen LogP contribution in [0.15, 0.2) is 42.5 Å². The van der Waals surface area contributed by atoms with Crippen LogP contribution in [-0.4, -0.2) is 228 Å². The number of alkyl halides is 3. The zero-order valence-electron chi connectivity index (χ0n) is 56.2. The monoisotopic (exact) mass is 1320 g/mol. The first-order valence-electron chi connectivity index (χ1n) is 31.8. The summed E-state index contributed by atoms with van der Waals surface area (Å²) in [6, 6.07) is 3.26. The fourth-order valence-electron chi connectivity index (χ4n) is 12.4. The Balaban J connectivity index is 1.58. The normalized spacial score (nSPS) is 24.6. The Morgan fingerprint density at radius 2 is 1.31 bits per heavy atom. The number of likely N-dealkylation sites (N-methyl/N-ethyl adjacent to an activating group) is 7. The number of halogens is 4. The minimum absolute atomic E-state index is 0.0241. The minimum atomic E-state index is -4.77. The van der Waals surface area contributed by atoms with Crippen LogP contribution < -0.4 is 16.0 Å². The van der Waals surface area contributed by atoms with E-state index in [0.717, 1.165) is 31.7 Å². The molecule has 8 atom stereocenters. The molecule has 2 saturated heterocycles. The number of rotatable bonds is 10. The van der Waals surface area contributed by atoms with Crippen LogP contribution in [0.3, 0.4) is 0 Å². The summed E-state index contributed by atoms with van der Waals surface area (Å²) in [5.41, 5.74) is -1.64. The summed E-state index contributed by atoms with van der Waals surface area (Å²) in [5, 5.41) is 17.7. The minimum Gasteiger partial charge on any atom is -0.343 e. The van der Waals surface area contributed by atoms with Crippen LogP contribution in [0.25, 0.3) is 0 Å². The van der Waals surface area contributed by atoms with Gasteiger partial charge in [-0.05, 0) is 105 Å². The highest BCUT2D eigenvalue weighted by Crippen LogP contribution is 2.36. The zero-order chi connectivity index (χ0) is 69.7. The molecule has 0 aromatic heterocycles. The number of aryl methyl sites for hydroxylation is 1. The second kappa shape index (κ2) is 32.8. The van der Waals surface area contributed by atoms with Crippen LogP contribution in [0, 0.1) is 29.1 Å². The van der Waals surface area contributed by atoms with Gasteiger partial charge in [-0.25, -0.2) is 0 Å². The van der Waals surface area contributed by atoms with Gasteiger partial charge >= 0.3 is 6.18 Å². The molecular formula is C66H94ClF3N12O11. The van der Waals surface area contributed by atoms with E-state index in [1.807, 2.05) is 26.8 Å². The van der Waals surface area contributed by atoms with Crippen molar-refractivity contribution in [1.29, 1.82) is 5.26 Å². The van der Waals surface area contributed by atoms with E-state index in [0.29, 0.717) is 31.2 Å². The third-order valence-electron chi connectivity index (χ3n) is 18.4. The Morgan fingerprint density at radius 3 is 1.90 bits per heavy atom. The summed E-state index contributed by atoms with van der Waals surface area (Å²) in [5.74, 6) is -8.42. The van der Waals surface area contributed by atoms with Gasteiger partial charge in [-0.1, -0.05) is 90.6 Å². The van der Waals surface area contributed by atoms with E-state index in [2.05, 4.69) is 16.0 Å². The van der Waals surface area contributed by atoms with Gasteiger partial charge in [0.1, 0.15) is 41.8 Å². The number of nitrogens with one attached hydrogen (secondary N) is 3. The standard InChI is InChI=1S/C66H94ClF3N12O11/c1-15-41(6)56-62(91)77(10)37-54(85)75(8)38-55(86)80(13)51(34-44-20-18-21-45(32-44)35-71)61(90)76(9)36-52(83)72-48(26-24-43-23-25-46(47(67)33-43)66(68,69)70)60(89)82-29-19-22-49(82)59(88)74-65(27-16-17-28-65)64(93)81(14)57(40(4)5)63(92)78(11)42(7)31-53(84)79(12)50(30-39(2)3)58(87)73-56/h18,20-21,23,25,32-33,39-42,48-51,56-57H,15-17,19,22,24,26-31,34,36-38H2,1-14H3,(H,72,83)(H,73,87)(H,74,88)/t41-,42+,48-,49?,50-,51-,56-,57-/m0/s1. The van der Waals surface area contributed by atoms with E-state index in [1.54, 1.807) is 45.9 Å². The predicted octanol–water partition coefficient (Wildman–Crippen LogP) is 4.65. The molecule has 27 heteroatoms. The van der Waals surface area contributed by atoms with Crippen molar-refractivity contribution in [2.75, 3.05) is 75.5 Å². The average Bonchev–Trinajstić information content (AvgIpc) is 1.93. The number of nitriles is 1. The van der Waals surface area contributed by atoms with Crippen molar-refractivity contribution in [2.45, 2.75) is 180 Å². The first-order chi connectivity index (χ1) is 43.5. The molecule has 3 fully saturated rings. The van der Waals surface area contributed by atoms with E-state index in [-0.39, 0.29) is 75.0 Å². The maximum absolute atomic E-state index is 15.1. The van der Waals surface area contributed by atoms with Crippen LogP contribution >= 0.6 is 11.6 Å². The molecule has 0 bridgehead atoms. The molecule has 2 heterocycles. The molecule has 5 rings (SSSR count). The smallest absolute Gasteiger partial charge is 0.343 e. The molecule has 1 unspecified atom stereocenters. The lowest BCUT2D eigenvalue weighted by Crippen LogP contribution is -2.64. The second-order valence-electron chi connectivity index (χ2n) is 26.2. The molecule has 93 heavy (non-hydrogen) atoms. The first kappa shape index (κ1) is 75.9. The number of fused-ring (bicyclic) bond motifs is 1.